The van der Waals surface area contributed by atoms with Gasteiger partial charge in [-0.05, 0) is 25.0 Å². The molecule has 1 unspecified atom stereocenters. The molecular formula is C11H13ClO2S. The minimum Gasteiger partial charge on any atom is -0.381 e. The Bertz CT molecular complexity index is 342. The fourth-order valence-electron chi connectivity index (χ4n) is 1.76. The van der Waals surface area contributed by atoms with E-state index in [-0.39, 0.29) is 11.7 Å². The lowest BCUT2D eigenvalue weighted by Crippen LogP contribution is -2.26. The SMILES string of the molecule is O=C(Cc1ccc(Cl)s1)C1CCCOC1. The predicted molar refractivity (Wildman–Crippen MR) is 61.6 cm³/mol. The van der Waals surface area contributed by atoms with E-state index in [1.165, 1.54) is 11.3 Å². The first-order valence-electron chi connectivity index (χ1n) is 5.10. The fraction of sp³-hybridized carbons (Fsp3) is 0.545. The second-order valence-electron chi connectivity index (χ2n) is 3.76. The maximum Gasteiger partial charge on any atom is 0.143 e. The molecule has 1 aromatic heterocycles. The van der Waals surface area contributed by atoms with Crippen molar-refractivity contribution < 1.29 is 9.53 Å². The van der Waals surface area contributed by atoms with Gasteiger partial charge in [-0.3, -0.25) is 4.79 Å². The Labute approximate surface area is 98.2 Å². The minimum absolute atomic E-state index is 0.0969. The van der Waals surface area contributed by atoms with Crippen molar-refractivity contribution in [1.29, 1.82) is 0 Å². The summed E-state index contributed by atoms with van der Waals surface area (Å²) in [5.41, 5.74) is 0. The summed E-state index contributed by atoms with van der Waals surface area (Å²) < 4.78 is 6.05. The number of thiophene rings is 1. The van der Waals surface area contributed by atoms with Gasteiger partial charge in [0.25, 0.3) is 0 Å². The van der Waals surface area contributed by atoms with Gasteiger partial charge in [-0.2, -0.15) is 0 Å². The third kappa shape index (κ3) is 3.03. The van der Waals surface area contributed by atoms with Gasteiger partial charge in [0.2, 0.25) is 0 Å². The lowest BCUT2D eigenvalue weighted by Gasteiger charge is -2.20. The molecule has 0 bridgehead atoms. The van der Waals surface area contributed by atoms with Crippen LogP contribution in [-0.4, -0.2) is 19.0 Å². The summed E-state index contributed by atoms with van der Waals surface area (Å²) in [6.45, 7) is 1.40. The van der Waals surface area contributed by atoms with Gasteiger partial charge in [0.1, 0.15) is 5.78 Å². The van der Waals surface area contributed by atoms with E-state index in [1.807, 2.05) is 12.1 Å². The van der Waals surface area contributed by atoms with Crippen molar-refractivity contribution in [2.45, 2.75) is 19.3 Å². The van der Waals surface area contributed by atoms with Gasteiger partial charge < -0.3 is 4.74 Å². The molecule has 2 heterocycles. The van der Waals surface area contributed by atoms with Crippen LogP contribution in [0, 0.1) is 5.92 Å². The van der Waals surface area contributed by atoms with Crippen LogP contribution in [0.2, 0.25) is 4.34 Å². The monoisotopic (exact) mass is 244 g/mol. The van der Waals surface area contributed by atoms with E-state index in [4.69, 9.17) is 16.3 Å². The molecule has 0 N–H and O–H groups in total. The highest BCUT2D eigenvalue weighted by Gasteiger charge is 2.21. The lowest BCUT2D eigenvalue weighted by atomic mass is 9.95. The predicted octanol–water partition coefficient (Wildman–Crippen LogP) is 2.94. The number of rotatable bonds is 3. The molecule has 1 fully saturated rings. The molecule has 1 aromatic rings. The van der Waals surface area contributed by atoms with Crippen molar-refractivity contribution in [1.82, 2.24) is 0 Å². The molecular weight excluding hydrogens is 232 g/mol. The molecule has 1 saturated heterocycles. The van der Waals surface area contributed by atoms with Crippen LogP contribution in [0.5, 0.6) is 0 Å². The molecule has 1 aliphatic rings. The standard InChI is InChI=1S/C11H13ClO2S/c12-11-4-3-9(15-11)6-10(13)8-2-1-5-14-7-8/h3-4,8H,1-2,5-7H2. The van der Waals surface area contributed by atoms with Crippen molar-refractivity contribution in [2.75, 3.05) is 13.2 Å². The van der Waals surface area contributed by atoms with Gasteiger partial charge in [-0.15, -0.1) is 11.3 Å². The van der Waals surface area contributed by atoms with Crippen LogP contribution in [0.25, 0.3) is 0 Å². The van der Waals surface area contributed by atoms with Gasteiger partial charge in [0.05, 0.1) is 10.9 Å². The summed E-state index contributed by atoms with van der Waals surface area (Å²) in [6, 6.07) is 3.76. The molecule has 1 aliphatic heterocycles. The molecule has 0 spiro atoms. The van der Waals surface area contributed by atoms with E-state index >= 15 is 0 Å². The number of ketones is 1. The Kier molecular flexibility index (Phi) is 3.78. The minimum atomic E-state index is 0.0969. The van der Waals surface area contributed by atoms with Gasteiger partial charge in [-0.1, -0.05) is 11.6 Å². The van der Waals surface area contributed by atoms with E-state index in [0.717, 1.165) is 28.7 Å². The Morgan fingerprint density at radius 2 is 2.47 bits per heavy atom. The Balaban J connectivity index is 1.91. The van der Waals surface area contributed by atoms with Gasteiger partial charge in [0.15, 0.2) is 0 Å². The first-order chi connectivity index (χ1) is 7.25. The molecule has 0 aromatic carbocycles. The first-order valence-corrected chi connectivity index (χ1v) is 6.30. The van der Waals surface area contributed by atoms with Crippen LogP contribution in [0.4, 0.5) is 0 Å². The van der Waals surface area contributed by atoms with Crippen LogP contribution in [0.15, 0.2) is 12.1 Å². The second-order valence-corrected chi connectivity index (χ2v) is 5.56. The number of Topliss-reactive ketones (excluding diaryl/α,β-unsaturated/α-hetero) is 1. The number of halogens is 1. The fourth-order valence-corrected chi connectivity index (χ4v) is 2.85. The molecule has 0 amide bonds. The van der Waals surface area contributed by atoms with Crippen molar-refractivity contribution in [2.24, 2.45) is 5.92 Å². The van der Waals surface area contributed by atoms with Crippen LogP contribution >= 0.6 is 22.9 Å². The molecule has 2 rings (SSSR count). The summed E-state index contributed by atoms with van der Waals surface area (Å²) in [7, 11) is 0. The molecule has 2 nitrogen and oxygen atoms in total. The van der Waals surface area contributed by atoms with E-state index in [2.05, 4.69) is 0 Å². The second kappa shape index (κ2) is 5.10. The topological polar surface area (TPSA) is 26.3 Å². The Morgan fingerprint density at radius 1 is 1.60 bits per heavy atom. The third-order valence-corrected chi connectivity index (χ3v) is 3.82. The smallest absolute Gasteiger partial charge is 0.143 e. The number of hydrogen-bond acceptors (Lipinski definition) is 3. The van der Waals surface area contributed by atoms with Gasteiger partial charge in [0, 0.05) is 23.8 Å². The zero-order chi connectivity index (χ0) is 10.7. The van der Waals surface area contributed by atoms with Gasteiger partial charge >= 0.3 is 0 Å². The summed E-state index contributed by atoms with van der Waals surface area (Å²) in [4.78, 5) is 12.9. The molecule has 0 radical (unpaired) electrons. The zero-order valence-electron chi connectivity index (χ0n) is 8.37. The normalized spacial score (nSPS) is 21.5. The van der Waals surface area contributed by atoms with E-state index in [9.17, 15) is 4.79 Å². The number of carbonyl (C=O) groups excluding carboxylic acids is 1. The van der Waals surface area contributed by atoms with Crippen molar-refractivity contribution >= 4 is 28.7 Å². The molecule has 15 heavy (non-hydrogen) atoms. The Hall–Kier alpha value is -0.380. The van der Waals surface area contributed by atoms with Gasteiger partial charge in [-0.25, -0.2) is 0 Å². The van der Waals surface area contributed by atoms with Crippen molar-refractivity contribution in [3.63, 3.8) is 0 Å². The van der Waals surface area contributed by atoms with Crippen LogP contribution < -0.4 is 0 Å². The van der Waals surface area contributed by atoms with Crippen LogP contribution in [0.3, 0.4) is 0 Å². The maximum atomic E-state index is 11.9. The van der Waals surface area contributed by atoms with E-state index in [1.54, 1.807) is 0 Å². The third-order valence-electron chi connectivity index (χ3n) is 2.59. The highest BCUT2D eigenvalue weighted by molar-refractivity contribution is 7.16. The molecule has 0 aliphatic carbocycles. The number of hydrogen-bond donors (Lipinski definition) is 0. The summed E-state index contributed by atoms with van der Waals surface area (Å²) in [5.74, 6) is 0.382. The molecule has 4 heteroatoms. The highest BCUT2D eigenvalue weighted by Crippen LogP contribution is 2.24. The number of carbonyl (C=O) groups is 1. The summed E-state index contributed by atoms with van der Waals surface area (Å²) >= 11 is 7.30. The summed E-state index contributed by atoms with van der Waals surface area (Å²) in [5, 5.41) is 0. The average Bonchev–Trinajstić information content (AvgIpc) is 2.65. The van der Waals surface area contributed by atoms with Crippen molar-refractivity contribution in [3.8, 4) is 0 Å². The average molecular weight is 245 g/mol. The molecule has 1 atom stereocenters. The van der Waals surface area contributed by atoms with Crippen LogP contribution in [-0.2, 0) is 16.0 Å². The number of ether oxygens (including phenoxy) is 1. The zero-order valence-corrected chi connectivity index (χ0v) is 9.94. The maximum absolute atomic E-state index is 11.9. The molecule has 0 saturated carbocycles. The molecule has 82 valence electrons. The summed E-state index contributed by atoms with van der Waals surface area (Å²) in [6.07, 6.45) is 2.48. The van der Waals surface area contributed by atoms with E-state index in [0.29, 0.717) is 13.0 Å². The largest absolute Gasteiger partial charge is 0.381 e. The lowest BCUT2D eigenvalue weighted by molar-refractivity contribution is -0.126. The first kappa shape index (κ1) is 11.1. The Morgan fingerprint density at radius 3 is 3.07 bits per heavy atom. The van der Waals surface area contributed by atoms with E-state index < -0.39 is 0 Å². The van der Waals surface area contributed by atoms with Crippen molar-refractivity contribution in [3.05, 3.63) is 21.3 Å². The highest BCUT2D eigenvalue weighted by atomic mass is 35.5. The quantitative estimate of drug-likeness (QED) is 0.817. The van der Waals surface area contributed by atoms with Crippen LogP contribution in [0.1, 0.15) is 17.7 Å².